The number of nitrogens with two attached hydrogens (primary N) is 1. The van der Waals surface area contributed by atoms with Crippen LogP contribution in [0.5, 0.6) is 5.75 Å². The van der Waals surface area contributed by atoms with Gasteiger partial charge in [0, 0.05) is 29.5 Å². The minimum atomic E-state index is -1.19. The van der Waals surface area contributed by atoms with Gasteiger partial charge < -0.3 is 25.3 Å². The highest BCUT2D eigenvalue weighted by Crippen LogP contribution is 2.24. The molecular formula is C30H33N5O4. The van der Waals surface area contributed by atoms with Crippen LogP contribution in [0.2, 0.25) is 0 Å². The van der Waals surface area contributed by atoms with E-state index in [0.29, 0.717) is 35.9 Å². The predicted molar refractivity (Wildman–Crippen MR) is 153 cm³/mol. The smallest absolute Gasteiger partial charge is 0.291 e. The van der Waals surface area contributed by atoms with Crippen LogP contribution in [-0.2, 0) is 14.3 Å². The number of benzodiazepines with no additional fused rings is 1. The van der Waals surface area contributed by atoms with Crippen molar-refractivity contribution in [2.75, 3.05) is 18.5 Å². The maximum atomic E-state index is 12.9. The molecule has 1 amide bonds. The fourth-order valence-electron chi connectivity index (χ4n) is 4.14. The number of nitrogens with one attached hydrogen (secondary N) is 2. The van der Waals surface area contributed by atoms with Crippen LogP contribution in [0, 0.1) is 5.41 Å². The van der Waals surface area contributed by atoms with E-state index in [9.17, 15) is 4.79 Å². The molecule has 0 bridgehead atoms. The summed E-state index contributed by atoms with van der Waals surface area (Å²) in [6, 6.07) is 23.6. The number of hydrogen-bond acceptors (Lipinski definition) is 7. The monoisotopic (exact) mass is 527 g/mol. The van der Waals surface area contributed by atoms with E-state index in [1.807, 2.05) is 68.4 Å². The summed E-state index contributed by atoms with van der Waals surface area (Å²) in [4.78, 5) is 21.7. The second-order valence-electron chi connectivity index (χ2n) is 8.60. The summed E-state index contributed by atoms with van der Waals surface area (Å²) in [6.07, 6.45) is 0.631. The third kappa shape index (κ3) is 7.08. The van der Waals surface area contributed by atoms with Crippen molar-refractivity contribution in [2.45, 2.75) is 39.0 Å². The van der Waals surface area contributed by atoms with Crippen molar-refractivity contribution >= 4 is 29.2 Å². The van der Waals surface area contributed by atoms with Gasteiger partial charge in [0.15, 0.2) is 0 Å². The van der Waals surface area contributed by atoms with Crippen molar-refractivity contribution in [1.82, 2.24) is 0 Å². The molecule has 0 aromatic heterocycles. The van der Waals surface area contributed by atoms with Crippen molar-refractivity contribution < 1.29 is 19.0 Å². The molecule has 39 heavy (non-hydrogen) atoms. The largest absolute Gasteiger partial charge is 0.490 e. The number of carbonyl (C=O) groups excluding carboxylic acids is 1. The first-order valence-electron chi connectivity index (χ1n) is 13.0. The summed E-state index contributed by atoms with van der Waals surface area (Å²) in [5.74, 6) is 0.0529. The number of benzene rings is 3. The van der Waals surface area contributed by atoms with E-state index < -0.39 is 12.1 Å². The Morgan fingerprint density at radius 3 is 2.38 bits per heavy atom. The second kappa shape index (κ2) is 13.3. The number of nitrogens with zero attached hydrogens (tertiary/aromatic N) is 2. The zero-order valence-corrected chi connectivity index (χ0v) is 22.1. The predicted octanol–water partition coefficient (Wildman–Crippen LogP) is 4.74. The fraction of sp³-hybridized carbons (Fsp3) is 0.267. The lowest BCUT2D eigenvalue weighted by Crippen LogP contribution is -2.29. The molecule has 1 unspecified atom stereocenters. The zero-order valence-electron chi connectivity index (χ0n) is 22.1. The van der Waals surface area contributed by atoms with Crippen LogP contribution in [0.1, 0.15) is 43.4 Å². The molecule has 9 nitrogen and oxygen atoms in total. The van der Waals surface area contributed by atoms with Gasteiger partial charge in [-0.1, -0.05) is 62.4 Å². The lowest BCUT2D eigenvalue weighted by Gasteiger charge is -2.23. The Morgan fingerprint density at radius 1 is 1.00 bits per heavy atom. The van der Waals surface area contributed by atoms with Crippen molar-refractivity contribution in [2.24, 2.45) is 15.7 Å². The number of fused-ring (bicyclic) bond motifs is 1. The topological polar surface area (TPSA) is 131 Å². The molecule has 4 N–H and O–H groups in total. The Morgan fingerprint density at radius 2 is 1.67 bits per heavy atom. The van der Waals surface area contributed by atoms with Gasteiger partial charge in [-0.05, 0) is 30.3 Å². The van der Waals surface area contributed by atoms with Gasteiger partial charge in [0.05, 0.1) is 24.6 Å². The van der Waals surface area contributed by atoms with Crippen molar-refractivity contribution in [1.29, 1.82) is 5.41 Å². The second-order valence-corrected chi connectivity index (χ2v) is 8.60. The molecule has 1 saturated heterocycles. The third-order valence-corrected chi connectivity index (χ3v) is 6.02. The van der Waals surface area contributed by atoms with Crippen LogP contribution >= 0.6 is 0 Å². The average molecular weight is 528 g/mol. The van der Waals surface area contributed by atoms with Crippen LogP contribution in [0.4, 0.5) is 5.69 Å². The molecule has 5 rings (SSSR count). The first-order chi connectivity index (χ1) is 19.1. The molecule has 0 saturated carbocycles. The molecule has 2 aliphatic heterocycles. The maximum absolute atomic E-state index is 12.9. The third-order valence-electron chi connectivity index (χ3n) is 6.02. The summed E-state index contributed by atoms with van der Waals surface area (Å²) in [5, 5.41) is 11.2. The molecule has 9 heteroatoms. The Balaban J connectivity index is 0.00000172. The van der Waals surface area contributed by atoms with Gasteiger partial charge in [-0.25, -0.2) is 4.99 Å². The van der Waals surface area contributed by atoms with Crippen LogP contribution in [-0.4, -0.2) is 49.0 Å². The summed E-state index contributed by atoms with van der Waals surface area (Å²) in [7, 11) is 0. The Labute approximate surface area is 228 Å². The number of carbonyl (C=O) groups is 1. The molecule has 2 heterocycles. The van der Waals surface area contributed by atoms with Gasteiger partial charge in [0.1, 0.15) is 11.9 Å². The van der Waals surface area contributed by atoms with Gasteiger partial charge in [0.2, 0.25) is 12.1 Å². The molecule has 0 aliphatic carbocycles. The SMILES string of the molecule is CC.N=C(O/C(N)=N/C1N=C(c2ccccc2)c2ccccc2NC1=O)c1ccc(OC2CCOCC2)cc1. The Bertz CT molecular complexity index is 1330. The molecular weight excluding hydrogens is 494 g/mol. The van der Waals surface area contributed by atoms with Gasteiger partial charge in [-0.3, -0.25) is 10.2 Å². The minimum absolute atomic E-state index is 0.122. The number of ether oxygens (including phenoxy) is 3. The number of amides is 1. The van der Waals surface area contributed by atoms with E-state index in [0.717, 1.165) is 24.0 Å². The first-order valence-corrected chi connectivity index (χ1v) is 13.0. The molecule has 2 aliphatic rings. The molecule has 0 spiro atoms. The van der Waals surface area contributed by atoms with Gasteiger partial charge in [-0.15, -0.1) is 0 Å². The molecule has 202 valence electrons. The highest BCUT2D eigenvalue weighted by atomic mass is 16.5. The fourth-order valence-corrected chi connectivity index (χ4v) is 4.14. The molecule has 0 radical (unpaired) electrons. The van der Waals surface area contributed by atoms with Crippen molar-refractivity contribution in [3.8, 4) is 5.75 Å². The van der Waals surface area contributed by atoms with E-state index in [2.05, 4.69) is 15.3 Å². The summed E-state index contributed by atoms with van der Waals surface area (Å²) in [6.45, 7) is 5.39. The lowest BCUT2D eigenvalue weighted by molar-refractivity contribution is -0.117. The van der Waals surface area contributed by atoms with E-state index in [1.54, 1.807) is 24.3 Å². The van der Waals surface area contributed by atoms with Crippen LogP contribution in [0.3, 0.4) is 0 Å². The normalized spacial score (nSPS) is 17.4. The summed E-state index contributed by atoms with van der Waals surface area (Å²) in [5.41, 5.74) is 9.33. The number of para-hydroxylation sites is 1. The van der Waals surface area contributed by atoms with Crippen molar-refractivity contribution in [3.63, 3.8) is 0 Å². The van der Waals surface area contributed by atoms with E-state index in [4.69, 9.17) is 25.4 Å². The quantitative estimate of drug-likeness (QED) is 0.326. The molecule has 3 aromatic carbocycles. The van der Waals surface area contributed by atoms with Crippen LogP contribution in [0.25, 0.3) is 0 Å². The highest BCUT2D eigenvalue weighted by Gasteiger charge is 2.26. The zero-order chi connectivity index (χ0) is 27.6. The van der Waals surface area contributed by atoms with Crippen LogP contribution in [0.15, 0.2) is 88.8 Å². The number of anilines is 1. The summed E-state index contributed by atoms with van der Waals surface area (Å²) >= 11 is 0. The highest BCUT2D eigenvalue weighted by molar-refractivity contribution is 6.19. The maximum Gasteiger partial charge on any atom is 0.291 e. The Kier molecular flexibility index (Phi) is 9.42. The van der Waals surface area contributed by atoms with Crippen LogP contribution < -0.4 is 15.8 Å². The number of aliphatic imine (C=N–C) groups is 2. The molecule has 1 fully saturated rings. The van der Waals surface area contributed by atoms with Gasteiger partial charge >= 0.3 is 0 Å². The minimum Gasteiger partial charge on any atom is -0.490 e. The van der Waals surface area contributed by atoms with Gasteiger partial charge in [-0.2, -0.15) is 4.99 Å². The number of rotatable bonds is 5. The van der Waals surface area contributed by atoms with E-state index in [1.165, 1.54) is 0 Å². The van der Waals surface area contributed by atoms with Gasteiger partial charge in [0.25, 0.3) is 11.9 Å². The average Bonchev–Trinajstić information content (AvgIpc) is 3.11. The molecule has 3 aromatic rings. The van der Waals surface area contributed by atoms with E-state index in [-0.39, 0.29) is 18.0 Å². The van der Waals surface area contributed by atoms with Crippen molar-refractivity contribution in [3.05, 3.63) is 95.6 Å². The molecule has 1 atom stereocenters. The Hall–Kier alpha value is -4.50. The van der Waals surface area contributed by atoms with E-state index >= 15 is 0 Å². The first kappa shape index (κ1) is 27.5. The lowest BCUT2D eigenvalue weighted by atomic mass is 10.0. The standard InChI is InChI=1S/C28H27N5O4.C2H6/c29-25(19-10-12-20(13-11-19)36-21-14-16-35-17-15-21)37-28(30)33-26-27(34)31-23-9-5-4-8-22(23)24(32-26)18-6-2-1-3-7-18;1-2/h1-13,21,26,29H,14-17H2,(H2,30,33)(H,31,34);1-2H3. The number of amidine groups is 1. The summed E-state index contributed by atoms with van der Waals surface area (Å²) < 4.78 is 16.8. The number of hydrogen-bond donors (Lipinski definition) is 3.